The Kier molecular flexibility index (Phi) is 6.42. The number of anilines is 1. The van der Waals surface area contributed by atoms with Gasteiger partial charge in [0, 0.05) is 18.9 Å². The zero-order chi connectivity index (χ0) is 16.7. The molecule has 1 atom stereocenters. The summed E-state index contributed by atoms with van der Waals surface area (Å²) in [5.41, 5.74) is 0.0141. The molecular formula is C18H27NO4. The van der Waals surface area contributed by atoms with Gasteiger partial charge in [0.15, 0.2) is 0 Å². The van der Waals surface area contributed by atoms with E-state index in [2.05, 4.69) is 5.32 Å². The molecule has 0 saturated heterocycles. The van der Waals surface area contributed by atoms with Crippen LogP contribution in [0.5, 0.6) is 5.75 Å². The fourth-order valence-corrected chi connectivity index (χ4v) is 2.56. The molecule has 0 bridgehead atoms. The van der Waals surface area contributed by atoms with E-state index in [1.807, 2.05) is 45.0 Å². The SMILES string of the molecule is CCOCCOc1ccc(NC(=O)[C@](C)(OCC)C2CC2)cc1. The molecule has 0 unspecified atom stereocenters. The second-order valence-corrected chi connectivity index (χ2v) is 5.84. The van der Waals surface area contributed by atoms with Gasteiger partial charge >= 0.3 is 0 Å². The molecule has 128 valence electrons. The van der Waals surface area contributed by atoms with E-state index in [0.29, 0.717) is 32.3 Å². The Balaban J connectivity index is 1.88. The molecule has 1 fully saturated rings. The number of rotatable bonds is 10. The van der Waals surface area contributed by atoms with E-state index in [1.165, 1.54) is 0 Å². The van der Waals surface area contributed by atoms with Crippen molar-refractivity contribution in [3.63, 3.8) is 0 Å². The second kappa shape index (κ2) is 8.31. The molecule has 1 aliphatic rings. The summed E-state index contributed by atoms with van der Waals surface area (Å²) in [7, 11) is 0. The first-order chi connectivity index (χ1) is 11.1. The molecule has 1 N–H and O–H groups in total. The van der Waals surface area contributed by atoms with E-state index in [1.54, 1.807) is 0 Å². The van der Waals surface area contributed by atoms with Gasteiger partial charge < -0.3 is 19.5 Å². The van der Waals surface area contributed by atoms with Crippen LogP contribution in [0.15, 0.2) is 24.3 Å². The Morgan fingerprint density at radius 2 is 1.87 bits per heavy atom. The molecule has 1 saturated carbocycles. The third-order valence-electron chi connectivity index (χ3n) is 4.06. The second-order valence-electron chi connectivity index (χ2n) is 5.84. The van der Waals surface area contributed by atoms with Crippen LogP contribution in [0.1, 0.15) is 33.6 Å². The number of hydrogen-bond donors (Lipinski definition) is 1. The minimum absolute atomic E-state index is 0.0770. The minimum atomic E-state index is -0.735. The highest BCUT2D eigenvalue weighted by Crippen LogP contribution is 2.42. The molecule has 0 spiro atoms. The van der Waals surface area contributed by atoms with Crippen molar-refractivity contribution in [2.24, 2.45) is 5.92 Å². The maximum absolute atomic E-state index is 12.6. The van der Waals surface area contributed by atoms with Crippen LogP contribution in [-0.2, 0) is 14.3 Å². The number of nitrogens with one attached hydrogen (secondary N) is 1. The summed E-state index contributed by atoms with van der Waals surface area (Å²) in [5, 5.41) is 2.95. The number of hydrogen-bond acceptors (Lipinski definition) is 4. The molecule has 1 aromatic carbocycles. The Labute approximate surface area is 138 Å². The van der Waals surface area contributed by atoms with Gasteiger partial charge in [-0.2, -0.15) is 0 Å². The van der Waals surface area contributed by atoms with Crippen LogP contribution in [0.4, 0.5) is 5.69 Å². The molecule has 23 heavy (non-hydrogen) atoms. The lowest BCUT2D eigenvalue weighted by atomic mass is 9.99. The van der Waals surface area contributed by atoms with Crippen LogP contribution >= 0.6 is 0 Å². The van der Waals surface area contributed by atoms with Crippen molar-refractivity contribution >= 4 is 11.6 Å². The van der Waals surface area contributed by atoms with Crippen LogP contribution in [-0.4, -0.2) is 37.9 Å². The van der Waals surface area contributed by atoms with Crippen molar-refractivity contribution in [1.82, 2.24) is 0 Å². The minimum Gasteiger partial charge on any atom is -0.491 e. The Morgan fingerprint density at radius 3 is 2.43 bits per heavy atom. The van der Waals surface area contributed by atoms with Crippen molar-refractivity contribution in [3.05, 3.63) is 24.3 Å². The normalized spacial score (nSPS) is 16.7. The highest BCUT2D eigenvalue weighted by molar-refractivity contribution is 5.97. The average molecular weight is 321 g/mol. The maximum atomic E-state index is 12.6. The van der Waals surface area contributed by atoms with Gasteiger partial charge in [-0.05, 0) is 63.8 Å². The van der Waals surface area contributed by atoms with Gasteiger partial charge in [-0.3, -0.25) is 4.79 Å². The molecule has 0 aliphatic heterocycles. The molecule has 0 radical (unpaired) electrons. The monoisotopic (exact) mass is 321 g/mol. The topological polar surface area (TPSA) is 56.8 Å². The van der Waals surface area contributed by atoms with Crippen molar-refractivity contribution < 1.29 is 19.0 Å². The van der Waals surface area contributed by atoms with Crippen LogP contribution < -0.4 is 10.1 Å². The largest absolute Gasteiger partial charge is 0.491 e. The summed E-state index contributed by atoms with van der Waals surface area (Å²) in [6.07, 6.45) is 2.10. The number of amides is 1. The molecular weight excluding hydrogens is 294 g/mol. The molecule has 1 amide bonds. The van der Waals surface area contributed by atoms with Gasteiger partial charge in [0.25, 0.3) is 5.91 Å². The van der Waals surface area contributed by atoms with E-state index < -0.39 is 5.60 Å². The van der Waals surface area contributed by atoms with E-state index in [-0.39, 0.29) is 5.91 Å². The smallest absolute Gasteiger partial charge is 0.256 e. The number of ether oxygens (including phenoxy) is 3. The first-order valence-electron chi connectivity index (χ1n) is 8.36. The van der Waals surface area contributed by atoms with Gasteiger partial charge in [-0.15, -0.1) is 0 Å². The lowest BCUT2D eigenvalue weighted by Crippen LogP contribution is -2.44. The van der Waals surface area contributed by atoms with Crippen LogP contribution in [0.3, 0.4) is 0 Å². The van der Waals surface area contributed by atoms with E-state index in [0.717, 1.165) is 24.3 Å². The summed E-state index contributed by atoms with van der Waals surface area (Å²) in [6, 6.07) is 7.37. The van der Waals surface area contributed by atoms with Gasteiger partial charge in [0.2, 0.25) is 0 Å². The molecule has 1 aromatic rings. The number of carbonyl (C=O) groups excluding carboxylic acids is 1. The molecule has 0 heterocycles. The Hall–Kier alpha value is -1.59. The summed E-state index contributed by atoms with van der Waals surface area (Å²) in [6.45, 7) is 8.07. The van der Waals surface area contributed by atoms with Gasteiger partial charge in [-0.25, -0.2) is 0 Å². The van der Waals surface area contributed by atoms with Crippen LogP contribution in [0.2, 0.25) is 0 Å². The van der Waals surface area contributed by atoms with Crippen LogP contribution in [0, 0.1) is 5.92 Å². The first kappa shape index (κ1) is 17.8. The van der Waals surface area contributed by atoms with E-state index in [4.69, 9.17) is 14.2 Å². The first-order valence-corrected chi connectivity index (χ1v) is 8.36. The molecule has 0 aromatic heterocycles. The van der Waals surface area contributed by atoms with Crippen molar-refractivity contribution in [2.75, 3.05) is 31.7 Å². The third kappa shape index (κ3) is 4.94. The molecule has 5 heteroatoms. The summed E-state index contributed by atoms with van der Waals surface area (Å²) in [4.78, 5) is 12.6. The van der Waals surface area contributed by atoms with Crippen molar-refractivity contribution in [2.45, 2.75) is 39.2 Å². The van der Waals surface area contributed by atoms with Gasteiger partial charge in [-0.1, -0.05) is 0 Å². The quantitative estimate of drug-likeness (QED) is 0.672. The standard InChI is InChI=1S/C18H27NO4/c1-4-21-12-13-22-16-10-8-15(9-11-16)19-17(20)18(3,23-5-2)14-6-7-14/h8-11,14H,4-7,12-13H2,1-3H3,(H,19,20)/t18-/m1/s1. The van der Waals surface area contributed by atoms with Crippen molar-refractivity contribution in [3.8, 4) is 5.75 Å². The number of carbonyl (C=O) groups is 1. The molecule has 2 rings (SSSR count). The van der Waals surface area contributed by atoms with E-state index in [9.17, 15) is 4.79 Å². The van der Waals surface area contributed by atoms with Gasteiger partial charge in [0.1, 0.15) is 18.0 Å². The summed E-state index contributed by atoms with van der Waals surface area (Å²) >= 11 is 0. The van der Waals surface area contributed by atoms with E-state index >= 15 is 0 Å². The zero-order valence-electron chi connectivity index (χ0n) is 14.3. The average Bonchev–Trinajstić information content (AvgIpc) is 3.38. The Bertz CT molecular complexity index is 498. The molecule has 1 aliphatic carbocycles. The summed E-state index contributed by atoms with van der Waals surface area (Å²) < 4.78 is 16.5. The predicted octanol–water partition coefficient (Wildman–Crippen LogP) is 3.25. The lowest BCUT2D eigenvalue weighted by Gasteiger charge is -2.28. The maximum Gasteiger partial charge on any atom is 0.256 e. The van der Waals surface area contributed by atoms with Crippen molar-refractivity contribution in [1.29, 1.82) is 0 Å². The summed E-state index contributed by atoms with van der Waals surface area (Å²) in [5.74, 6) is 1.01. The highest BCUT2D eigenvalue weighted by Gasteiger charge is 2.48. The van der Waals surface area contributed by atoms with Gasteiger partial charge in [0.05, 0.1) is 6.61 Å². The fraction of sp³-hybridized carbons (Fsp3) is 0.611. The zero-order valence-corrected chi connectivity index (χ0v) is 14.3. The lowest BCUT2D eigenvalue weighted by molar-refractivity contribution is -0.141. The Morgan fingerprint density at radius 1 is 1.17 bits per heavy atom. The number of benzene rings is 1. The fourth-order valence-electron chi connectivity index (χ4n) is 2.56. The van der Waals surface area contributed by atoms with Crippen LogP contribution in [0.25, 0.3) is 0 Å². The predicted molar refractivity (Wildman–Crippen MR) is 89.8 cm³/mol. The molecule has 5 nitrogen and oxygen atoms in total. The highest BCUT2D eigenvalue weighted by atomic mass is 16.5. The third-order valence-corrected chi connectivity index (χ3v) is 4.06.